The molecule has 128 valence electrons. The van der Waals surface area contributed by atoms with Crippen molar-refractivity contribution in [2.24, 2.45) is 0 Å². The molecule has 24 heavy (non-hydrogen) atoms. The fourth-order valence-electron chi connectivity index (χ4n) is 3.15. The van der Waals surface area contributed by atoms with Crippen molar-refractivity contribution >= 4 is 23.5 Å². The number of ether oxygens (including phenoxy) is 1. The van der Waals surface area contributed by atoms with Gasteiger partial charge in [-0.3, -0.25) is 0 Å². The molecule has 1 aromatic carbocycles. The van der Waals surface area contributed by atoms with E-state index in [1.54, 1.807) is 11.8 Å². The van der Waals surface area contributed by atoms with Gasteiger partial charge in [-0.05, 0) is 31.4 Å². The van der Waals surface area contributed by atoms with E-state index >= 15 is 0 Å². The highest BCUT2D eigenvalue weighted by Gasteiger charge is 2.43. The zero-order valence-electron chi connectivity index (χ0n) is 14.0. The molecule has 5 nitrogen and oxygen atoms in total. The lowest BCUT2D eigenvalue weighted by molar-refractivity contribution is -0.140. The summed E-state index contributed by atoms with van der Waals surface area (Å²) in [4.78, 5) is 15.5. The van der Waals surface area contributed by atoms with Crippen LogP contribution in [0.3, 0.4) is 0 Å². The Hall–Kier alpha value is -1.71. The van der Waals surface area contributed by atoms with Crippen molar-refractivity contribution in [1.29, 1.82) is 5.26 Å². The zero-order chi connectivity index (χ0) is 17.0. The highest BCUT2D eigenvalue weighted by atomic mass is 32.2. The lowest BCUT2D eigenvalue weighted by Crippen LogP contribution is -2.57. The van der Waals surface area contributed by atoms with Gasteiger partial charge < -0.3 is 15.0 Å². The monoisotopic (exact) mass is 345 g/mol. The molecule has 1 aliphatic carbocycles. The Morgan fingerprint density at radius 3 is 3.00 bits per heavy atom. The Bertz CT molecular complexity index is 639. The first-order valence-electron chi connectivity index (χ1n) is 8.44. The van der Waals surface area contributed by atoms with Crippen LogP contribution < -0.4 is 5.32 Å². The standard InChI is InChI=1S/C18H23N3O2S/c1-14(7-10-19)24-16-6-3-2-5-15(16)20-17(22)21-11-12-23-18(13-21)8-4-9-18/h2-3,5-6,14H,4,7-9,11-13H2,1H3,(H,20,22)/t14-/m0/s1. The molecule has 1 spiro atoms. The number of hydrogen-bond donors (Lipinski definition) is 1. The van der Waals surface area contributed by atoms with Crippen LogP contribution in [0.15, 0.2) is 29.2 Å². The highest BCUT2D eigenvalue weighted by molar-refractivity contribution is 8.00. The number of thioether (sulfide) groups is 1. The molecule has 0 radical (unpaired) electrons. The number of nitriles is 1. The predicted octanol–water partition coefficient (Wildman–Crippen LogP) is 3.87. The summed E-state index contributed by atoms with van der Waals surface area (Å²) in [5, 5.41) is 12.1. The van der Waals surface area contributed by atoms with E-state index in [1.807, 2.05) is 36.1 Å². The molecule has 2 fully saturated rings. The third-order valence-corrected chi connectivity index (χ3v) is 5.81. The molecule has 1 saturated heterocycles. The second-order valence-corrected chi connectivity index (χ2v) is 8.00. The number of para-hydroxylation sites is 1. The molecular formula is C18H23N3O2S. The van der Waals surface area contributed by atoms with Crippen molar-refractivity contribution in [1.82, 2.24) is 4.90 Å². The molecule has 0 unspecified atom stereocenters. The summed E-state index contributed by atoms with van der Waals surface area (Å²) in [5.41, 5.74) is 0.719. The molecule has 1 atom stereocenters. The van der Waals surface area contributed by atoms with Gasteiger partial charge in [0, 0.05) is 23.1 Å². The van der Waals surface area contributed by atoms with Gasteiger partial charge in [-0.1, -0.05) is 19.1 Å². The maximum Gasteiger partial charge on any atom is 0.322 e. The molecule has 6 heteroatoms. The van der Waals surface area contributed by atoms with E-state index in [-0.39, 0.29) is 16.9 Å². The maximum absolute atomic E-state index is 12.7. The van der Waals surface area contributed by atoms with Gasteiger partial charge >= 0.3 is 6.03 Å². The summed E-state index contributed by atoms with van der Waals surface area (Å²) in [6.45, 7) is 3.95. The Labute approximate surface area is 147 Å². The highest BCUT2D eigenvalue weighted by Crippen LogP contribution is 2.38. The predicted molar refractivity (Wildman–Crippen MR) is 95.1 cm³/mol. The topological polar surface area (TPSA) is 65.4 Å². The Morgan fingerprint density at radius 2 is 2.29 bits per heavy atom. The summed E-state index contributed by atoms with van der Waals surface area (Å²) in [6.07, 6.45) is 3.77. The van der Waals surface area contributed by atoms with Crippen LogP contribution in [0.25, 0.3) is 0 Å². The maximum atomic E-state index is 12.7. The Balaban J connectivity index is 1.65. The molecule has 1 aromatic rings. The smallest absolute Gasteiger partial charge is 0.322 e. The van der Waals surface area contributed by atoms with Crippen LogP contribution in [0.4, 0.5) is 10.5 Å². The largest absolute Gasteiger partial charge is 0.371 e. The molecule has 2 aliphatic rings. The SMILES string of the molecule is C[C@@H](CC#N)Sc1ccccc1NC(=O)N1CCOC2(CCC2)C1. The second-order valence-electron chi connectivity index (χ2n) is 6.52. The molecule has 0 aromatic heterocycles. The van der Waals surface area contributed by atoms with Crippen LogP contribution in [-0.4, -0.2) is 41.5 Å². The number of carbonyl (C=O) groups excluding carboxylic acids is 1. The summed E-state index contributed by atoms with van der Waals surface area (Å²) >= 11 is 1.62. The third kappa shape index (κ3) is 3.85. The number of urea groups is 1. The number of anilines is 1. The third-order valence-electron chi connectivity index (χ3n) is 4.64. The Morgan fingerprint density at radius 1 is 1.50 bits per heavy atom. The number of benzene rings is 1. The molecule has 1 saturated carbocycles. The van der Waals surface area contributed by atoms with Crippen LogP contribution >= 0.6 is 11.8 Å². The summed E-state index contributed by atoms with van der Waals surface area (Å²) in [6, 6.07) is 9.90. The minimum absolute atomic E-state index is 0.0643. The first-order chi connectivity index (χ1) is 11.6. The van der Waals surface area contributed by atoms with Crippen molar-refractivity contribution in [2.75, 3.05) is 25.0 Å². The number of carbonyl (C=O) groups is 1. The van der Waals surface area contributed by atoms with E-state index in [0.717, 1.165) is 23.4 Å². The molecule has 2 amide bonds. The van der Waals surface area contributed by atoms with E-state index in [9.17, 15) is 4.79 Å². The second kappa shape index (κ2) is 7.45. The lowest BCUT2D eigenvalue weighted by Gasteiger charge is -2.48. The van der Waals surface area contributed by atoms with Gasteiger partial charge in [0.25, 0.3) is 0 Å². The number of hydrogen-bond acceptors (Lipinski definition) is 4. The Kier molecular flexibility index (Phi) is 5.32. The van der Waals surface area contributed by atoms with Gasteiger partial charge in [0.05, 0.1) is 30.5 Å². The van der Waals surface area contributed by atoms with Gasteiger partial charge in [0.1, 0.15) is 0 Å². The minimum atomic E-state index is -0.0921. The van der Waals surface area contributed by atoms with E-state index in [1.165, 1.54) is 6.42 Å². The normalized spacial score (nSPS) is 20.1. The van der Waals surface area contributed by atoms with Crippen molar-refractivity contribution < 1.29 is 9.53 Å². The molecular weight excluding hydrogens is 322 g/mol. The van der Waals surface area contributed by atoms with Gasteiger partial charge in [-0.15, -0.1) is 11.8 Å². The summed E-state index contributed by atoms with van der Waals surface area (Å²) in [5.74, 6) is 0. The van der Waals surface area contributed by atoms with E-state index in [0.29, 0.717) is 26.1 Å². The molecule has 1 N–H and O–H groups in total. The quantitative estimate of drug-likeness (QED) is 0.841. The number of amides is 2. The molecule has 3 rings (SSSR count). The number of nitrogens with zero attached hydrogens (tertiary/aromatic N) is 2. The van der Waals surface area contributed by atoms with Crippen molar-refractivity contribution in [3.63, 3.8) is 0 Å². The zero-order valence-corrected chi connectivity index (χ0v) is 14.8. The van der Waals surface area contributed by atoms with Gasteiger partial charge in [0.15, 0.2) is 0 Å². The average molecular weight is 345 g/mol. The van der Waals surface area contributed by atoms with E-state index in [2.05, 4.69) is 11.4 Å². The van der Waals surface area contributed by atoms with Crippen LogP contribution in [0.1, 0.15) is 32.6 Å². The number of morpholine rings is 1. The van der Waals surface area contributed by atoms with Crippen molar-refractivity contribution in [2.45, 2.75) is 48.4 Å². The van der Waals surface area contributed by atoms with Crippen LogP contribution in [0.2, 0.25) is 0 Å². The van der Waals surface area contributed by atoms with Gasteiger partial charge in [-0.25, -0.2) is 4.79 Å². The minimum Gasteiger partial charge on any atom is -0.371 e. The molecule has 1 aliphatic heterocycles. The van der Waals surface area contributed by atoms with Crippen molar-refractivity contribution in [3.05, 3.63) is 24.3 Å². The van der Waals surface area contributed by atoms with E-state index < -0.39 is 0 Å². The fourth-order valence-corrected chi connectivity index (χ4v) is 4.14. The van der Waals surface area contributed by atoms with Gasteiger partial charge in [0.2, 0.25) is 0 Å². The first kappa shape index (κ1) is 17.1. The molecule has 0 bridgehead atoms. The number of rotatable bonds is 4. The van der Waals surface area contributed by atoms with Gasteiger partial charge in [-0.2, -0.15) is 5.26 Å². The summed E-state index contributed by atoms with van der Waals surface area (Å²) in [7, 11) is 0. The first-order valence-corrected chi connectivity index (χ1v) is 9.32. The van der Waals surface area contributed by atoms with Crippen molar-refractivity contribution in [3.8, 4) is 6.07 Å². The van der Waals surface area contributed by atoms with E-state index in [4.69, 9.17) is 10.00 Å². The van der Waals surface area contributed by atoms with Crippen LogP contribution in [0, 0.1) is 11.3 Å². The summed E-state index contributed by atoms with van der Waals surface area (Å²) < 4.78 is 5.88. The lowest BCUT2D eigenvalue weighted by atomic mass is 9.79. The number of nitrogens with one attached hydrogen (secondary N) is 1. The fraction of sp³-hybridized carbons (Fsp3) is 0.556. The molecule has 1 heterocycles. The van der Waals surface area contributed by atoms with Crippen LogP contribution in [-0.2, 0) is 4.74 Å². The average Bonchev–Trinajstić information content (AvgIpc) is 2.55. The van der Waals surface area contributed by atoms with Crippen LogP contribution in [0.5, 0.6) is 0 Å².